The highest BCUT2D eigenvalue weighted by molar-refractivity contribution is 6.43. The third-order valence-electron chi connectivity index (χ3n) is 7.05. The average Bonchev–Trinajstić information content (AvgIpc) is 3.26. The summed E-state index contributed by atoms with van der Waals surface area (Å²) >= 11 is 0. The van der Waals surface area contributed by atoms with Gasteiger partial charge in [0.15, 0.2) is 0 Å². The highest BCUT2D eigenvalue weighted by Crippen LogP contribution is 2.33. The van der Waals surface area contributed by atoms with Gasteiger partial charge < -0.3 is 25.0 Å². The van der Waals surface area contributed by atoms with Gasteiger partial charge in [0.2, 0.25) is 0 Å². The number of piperidine rings is 1. The Labute approximate surface area is 222 Å². The fraction of sp³-hybridized carbons (Fsp3) is 0.577. The van der Waals surface area contributed by atoms with Gasteiger partial charge in [-0.15, -0.1) is 0 Å². The van der Waals surface area contributed by atoms with Crippen LogP contribution in [0, 0.1) is 17.2 Å². The zero-order valence-electron chi connectivity index (χ0n) is 21.8. The molecule has 2 aliphatic rings. The third kappa shape index (κ3) is 8.25. The second-order valence-corrected chi connectivity index (χ2v) is 10.6. The van der Waals surface area contributed by atoms with Crippen molar-refractivity contribution in [1.82, 2.24) is 15.1 Å². The van der Waals surface area contributed by atoms with Crippen molar-refractivity contribution in [3.05, 3.63) is 47.5 Å². The first-order valence-electron chi connectivity index (χ1n) is 12.8. The third-order valence-corrected chi connectivity index (χ3v) is 7.05. The molecule has 1 aromatic rings. The maximum absolute atomic E-state index is 13.7. The minimum Gasteiger partial charge on any atom is -0.449 e. The quantitative estimate of drug-likeness (QED) is 0.253. The van der Waals surface area contributed by atoms with E-state index < -0.39 is 43.1 Å². The van der Waals surface area contributed by atoms with Crippen molar-refractivity contribution in [2.75, 3.05) is 32.8 Å². The van der Waals surface area contributed by atoms with Crippen LogP contribution in [0.15, 0.2) is 42.0 Å². The predicted octanol–water partition coefficient (Wildman–Crippen LogP) is 2.14. The summed E-state index contributed by atoms with van der Waals surface area (Å²) in [5, 5.41) is 31.4. The number of nitriles is 1. The molecular weight excluding hydrogens is 497 g/mol. The Morgan fingerprint density at radius 2 is 2.03 bits per heavy atom. The molecule has 2 amide bonds. The highest BCUT2D eigenvalue weighted by atomic mass is 19.3. The Morgan fingerprint density at radius 1 is 1.32 bits per heavy atom. The monoisotopic (exact) mass is 532 g/mol. The lowest BCUT2D eigenvalue weighted by Crippen LogP contribution is -2.48. The largest absolute Gasteiger partial charge is 0.475 e. The van der Waals surface area contributed by atoms with Crippen molar-refractivity contribution < 1.29 is 33.2 Å². The maximum atomic E-state index is 13.7. The van der Waals surface area contributed by atoms with Crippen molar-refractivity contribution in [1.29, 1.82) is 5.26 Å². The second-order valence-electron chi connectivity index (χ2n) is 10.6. The Bertz CT molecular complexity index is 1050. The van der Waals surface area contributed by atoms with E-state index in [9.17, 15) is 33.7 Å². The van der Waals surface area contributed by atoms with Gasteiger partial charge in [0.05, 0.1) is 19.1 Å². The van der Waals surface area contributed by atoms with Crippen LogP contribution in [-0.4, -0.2) is 89.2 Å². The molecule has 206 valence electrons. The number of halogens is 2. The van der Waals surface area contributed by atoms with Gasteiger partial charge in [-0.1, -0.05) is 30.3 Å². The van der Waals surface area contributed by atoms with E-state index in [1.165, 1.54) is 11.0 Å². The van der Waals surface area contributed by atoms with Crippen LogP contribution in [0.2, 0.25) is 0 Å². The SMILES string of the molecule is CC(C)(C=C(C#N)C(=O)N1CCC[C@H](COC(=O)N[C@@H](Cc2ccccc2)B(O)O)C1)N1CCC(F)(F)C1. The van der Waals surface area contributed by atoms with Gasteiger partial charge in [0, 0.05) is 37.5 Å². The summed E-state index contributed by atoms with van der Waals surface area (Å²) in [5.41, 5.74) is -0.189. The molecule has 0 aromatic heterocycles. The zero-order valence-corrected chi connectivity index (χ0v) is 21.8. The molecule has 2 fully saturated rings. The molecule has 2 aliphatic heterocycles. The molecule has 3 N–H and O–H groups in total. The van der Waals surface area contributed by atoms with Crippen LogP contribution in [0.5, 0.6) is 0 Å². The number of hydrogen-bond acceptors (Lipinski definition) is 7. The molecular formula is C26H35BF2N4O5. The molecule has 0 saturated carbocycles. The van der Waals surface area contributed by atoms with E-state index in [0.29, 0.717) is 19.4 Å². The fourth-order valence-corrected chi connectivity index (χ4v) is 4.86. The summed E-state index contributed by atoms with van der Waals surface area (Å²) in [6.07, 6.45) is 1.95. The average molecular weight is 532 g/mol. The first-order valence-corrected chi connectivity index (χ1v) is 12.8. The van der Waals surface area contributed by atoms with E-state index in [0.717, 1.165) is 5.56 Å². The number of rotatable bonds is 9. The van der Waals surface area contributed by atoms with E-state index in [2.05, 4.69) is 5.32 Å². The van der Waals surface area contributed by atoms with Crippen LogP contribution in [0.4, 0.5) is 13.6 Å². The van der Waals surface area contributed by atoms with Crippen molar-refractivity contribution in [2.24, 2.45) is 5.92 Å². The normalized spacial score (nSPS) is 20.9. The number of alkyl carbamates (subject to hydrolysis) is 1. The molecule has 1 aromatic carbocycles. The standard InChI is InChI=1S/C26H35BF2N4O5/c1-25(2,33-12-10-26(28,29)18-33)14-21(15-30)23(34)32-11-6-9-20(16-32)17-38-24(35)31-22(27(36)37)13-19-7-4-3-5-8-19/h3-5,7-8,14,20,22,36-37H,6,9-13,16-18H2,1-2H3,(H,31,35)/t20-,22-/m0/s1. The number of amides is 2. The molecule has 0 bridgehead atoms. The molecule has 0 unspecified atom stereocenters. The number of benzene rings is 1. The summed E-state index contributed by atoms with van der Waals surface area (Å²) in [6.45, 7) is 3.87. The smallest absolute Gasteiger partial charge is 0.449 e. The fourth-order valence-electron chi connectivity index (χ4n) is 4.86. The molecule has 2 saturated heterocycles. The molecule has 12 heteroatoms. The van der Waals surface area contributed by atoms with Gasteiger partial charge in [-0.25, -0.2) is 13.6 Å². The van der Waals surface area contributed by atoms with Gasteiger partial charge in [-0.05, 0) is 44.7 Å². The Morgan fingerprint density at radius 3 is 2.63 bits per heavy atom. The van der Waals surface area contributed by atoms with Gasteiger partial charge in [-0.2, -0.15) is 5.26 Å². The number of alkyl halides is 2. The van der Waals surface area contributed by atoms with Gasteiger partial charge in [0.1, 0.15) is 11.6 Å². The Hall–Kier alpha value is -3.01. The van der Waals surface area contributed by atoms with Crippen LogP contribution < -0.4 is 5.32 Å². The lowest BCUT2D eigenvalue weighted by Gasteiger charge is -2.35. The minimum atomic E-state index is -2.79. The van der Waals surface area contributed by atoms with Crippen LogP contribution in [0.1, 0.15) is 38.7 Å². The van der Waals surface area contributed by atoms with Crippen molar-refractivity contribution in [3.63, 3.8) is 0 Å². The lowest BCUT2D eigenvalue weighted by atomic mass is 9.76. The minimum absolute atomic E-state index is 0.00908. The Kier molecular flexibility index (Phi) is 9.87. The molecule has 9 nitrogen and oxygen atoms in total. The van der Waals surface area contributed by atoms with Crippen LogP contribution >= 0.6 is 0 Å². The number of ether oxygens (including phenoxy) is 1. The first-order chi connectivity index (χ1) is 17.9. The molecule has 0 aliphatic carbocycles. The second kappa shape index (κ2) is 12.7. The van der Waals surface area contributed by atoms with Gasteiger partial charge in [0.25, 0.3) is 11.8 Å². The van der Waals surface area contributed by atoms with E-state index in [-0.39, 0.29) is 44.0 Å². The number of carbonyl (C=O) groups is 2. The Balaban J connectivity index is 1.54. The summed E-state index contributed by atoms with van der Waals surface area (Å²) in [5.74, 6) is -4.40. The zero-order chi connectivity index (χ0) is 27.9. The molecule has 2 heterocycles. The summed E-state index contributed by atoms with van der Waals surface area (Å²) < 4.78 is 32.7. The van der Waals surface area contributed by atoms with Crippen LogP contribution in [0.25, 0.3) is 0 Å². The first kappa shape index (κ1) is 29.5. The number of likely N-dealkylation sites (tertiary alicyclic amines) is 2. The maximum Gasteiger partial charge on any atom is 0.475 e. The number of nitrogens with one attached hydrogen (secondary N) is 1. The molecule has 0 radical (unpaired) electrons. The molecule has 38 heavy (non-hydrogen) atoms. The molecule has 3 rings (SSSR count). The highest BCUT2D eigenvalue weighted by Gasteiger charge is 2.43. The van der Waals surface area contributed by atoms with Crippen molar-refractivity contribution >= 4 is 19.1 Å². The van der Waals surface area contributed by atoms with E-state index in [1.807, 2.05) is 36.4 Å². The van der Waals surface area contributed by atoms with E-state index in [1.54, 1.807) is 18.7 Å². The summed E-state index contributed by atoms with van der Waals surface area (Å²) in [4.78, 5) is 28.6. The number of nitrogens with zero attached hydrogens (tertiary/aromatic N) is 3. The topological polar surface area (TPSA) is 126 Å². The van der Waals surface area contributed by atoms with Gasteiger partial charge >= 0.3 is 13.2 Å². The van der Waals surface area contributed by atoms with Crippen molar-refractivity contribution in [3.8, 4) is 6.07 Å². The number of hydrogen-bond donors (Lipinski definition) is 3. The predicted molar refractivity (Wildman–Crippen MR) is 137 cm³/mol. The van der Waals surface area contributed by atoms with E-state index >= 15 is 0 Å². The lowest BCUT2D eigenvalue weighted by molar-refractivity contribution is -0.128. The number of carbonyl (C=O) groups excluding carboxylic acids is 2. The summed E-state index contributed by atoms with van der Waals surface area (Å²) in [6, 6.07) is 11.0. The van der Waals surface area contributed by atoms with Crippen LogP contribution in [-0.2, 0) is 16.0 Å². The summed E-state index contributed by atoms with van der Waals surface area (Å²) in [7, 11) is -1.78. The van der Waals surface area contributed by atoms with Gasteiger partial charge in [-0.3, -0.25) is 9.69 Å². The molecule has 0 spiro atoms. The van der Waals surface area contributed by atoms with Crippen LogP contribution in [0.3, 0.4) is 0 Å². The molecule has 2 atom stereocenters. The van der Waals surface area contributed by atoms with Crippen molar-refractivity contribution in [2.45, 2.75) is 56.9 Å². The van der Waals surface area contributed by atoms with E-state index in [4.69, 9.17) is 4.74 Å².